The Balaban J connectivity index is 1.70. The van der Waals surface area contributed by atoms with Crippen molar-refractivity contribution in [2.24, 2.45) is 0 Å². The number of sulfonamides is 1. The van der Waals surface area contributed by atoms with Gasteiger partial charge in [0.25, 0.3) is 10.0 Å². The summed E-state index contributed by atoms with van der Waals surface area (Å²) in [6.07, 6.45) is 1.41. The molecule has 3 aromatic heterocycles. The maximum absolute atomic E-state index is 14.8. The van der Waals surface area contributed by atoms with Crippen LogP contribution in [0.4, 0.5) is 14.5 Å². The van der Waals surface area contributed by atoms with Crippen molar-refractivity contribution < 1.29 is 21.9 Å². The highest BCUT2D eigenvalue weighted by Crippen LogP contribution is 2.25. The second-order valence-corrected chi connectivity index (χ2v) is 8.41. The minimum absolute atomic E-state index is 0.0164. The van der Waals surface area contributed by atoms with Gasteiger partial charge in [-0.25, -0.2) is 22.2 Å². The van der Waals surface area contributed by atoms with Crippen molar-refractivity contribution in [3.8, 4) is 17.7 Å². The predicted molar refractivity (Wildman–Crippen MR) is 108 cm³/mol. The molecule has 0 fully saturated rings. The number of aromatic nitrogens is 3. The van der Waals surface area contributed by atoms with Gasteiger partial charge in [-0.05, 0) is 29.6 Å². The zero-order chi connectivity index (χ0) is 21.3. The maximum Gasteiger partial charge on any atom is 0.262 e. The minimum atomic E-state index is -4.00. The zero-order valence-corrected chi connectivity index (χ0v) is 16.9. The molecular formula is C19H12F2N4O3S2. The van der Waals surface area contributed by atoms with E-state index < -0.39 is 32.9 Å². The Labute approximate surface area is 173 Å². The molecule has 4 rings (SSSR count). The molecule has 0 atom stereocenters. The molecule has 0 saturated heterocycles. The van der Waals surface area contributed by atoms with E-state index in [1.54, 1.807) is 11.4 Å². The normalized spacial score (nSPS) is 11.2. The molecule has 7 nitrogen and oxygen atoms in total. The van der Waals surface area contributed by atoms with E-state index in [-0.39, 0.29) is 4.90 Å². The van der Waals surface area contributed by atoms with Crippen LogP contribution in [0.2, 0.25) is 0 Å². The molecule has 0 aliphatic heterocycles. The van der Waals surface area contributed by atoms with Crippen molar-refractivity contribution in [3.63, 3.8) is 0 Å². The Morgan fingerprint density at radius 2 is 2.07 bits per heavy atom. The van der Waals surface area contributed by atoms with Crippen molar-refractivity contribution in [2.75, 3.05) is 11.8 Å². The van der Waals surface area contributed by atoms with E-state index in [2.05, 4.69) is 31.7 Å². The summed E-state index contributed by atoms with van der Waals surface area (Å²) in [5.74, 6) is 3.31. The largest absolute Gasteiger partial charge is 0.479 e. The molecule has 2 N–H and O–H groups in total. The first-order chi connectivity index (χ1) is 14.4. The van der Waals surface area contributed by atoms with Gasteiger partial charge >= 0.3 is 0 Å². The third-order valence-electron chi connectivity index (χ3n) is 4.05. The van der Waals surface area contributed by atoms with Crippen LogP contribution < -0.4 is 9.46 Å². The van der Waals surface area contributed by atoms with Gasteiger partial charge in [0.15, 0.2) is 11.5 Å². The van der Waals surface area contributed by atoms with E-state index in [4.69, 9.17) is 4.74 Å². The Kier molecular flexibility index (Phi) is 5.11. The highest BCUT2D eigenvalue weighted by Gasteiger charge is 2.19. The summed E-state index contributed by atoms with van der Waals surface area (Å²) in [7, 11) is -2.55. The number of fused-ring (bicyclic) bond motifs is 1. The van der Waals surface area contributed by atoms with Crippen LogP contribution in [-0.4, -0.2) is 30.7 Å². The van der Waals surface area contributed by atoms with Crippen molar-refractivity contribution in [3.05, 3.63) is 64.0 Å². The van der Waals surface area contributed by atoms with E-state index in [0.29, 0.717) is 22.5 Å². The van der Waals surface area contributed by atoms with Crippen molar-refractivity contribution in [2.45, 2.75) is 4.90 Å². The monoisotopic (exact) mass is 446 g/mol. The first-order valence-corrected chi connectivity index (χ1v) is 10.7. The van der Waals surface area contributed by atoms with Gasteiger partial charge in [0, 0.05) is 17.1 Å². The third kappa shape index (κ3) is 3.70. The van der Waals surface area contributed by atoms with E-state index in [0.717, 1.165) is 12.1 Å². The summed E-state index contributed by atoms with van der Waals surface area (Å²) in [5.41, 5.74) is -0.137. The van der Waals surface area contributed by atoms with E-state index in [1.807, 2.05) is 0 Å². The third-order valence-corrected chi connectivity index (χ3v) is 6.24. The number of thiophene rings is 1. The summed E-state index contributed by atoms with van der Waals surface area (Å²) in [4.78, 5) is 4.11. The molecule has 0 unspecified atom stereocenters. The molecule has 0 saturated carbocycles. The Morgan fingerprint density at radius 3 is 2.80 bits per heavy atom. The number of rotatable bonds is 4. The number of pyridine rings is 1. The first kappa shape index (κ1) is 19.8. The van der Waals surface area contributed by atoms with Crippen LogP contribution in [0.15, 0.2) is 46.1 Å². The lowest BCUT2D eigenvalue weighted by Gasteiger charge is -2.09. The molecule has 0 aliphatic rings. The molecule has 0 bridgehead atoms. The quantitative estimate of drug-likeness (QED) is 0.468. The molecule has 0 radical (unpaired) electrons. The number of anilines is 1. The van der Waals surface area contributed by atoms with Crippen LogP contribution in [0.3, 0.4) is 0 Å². The fourth-order valence-electron chi connectivity index (χ4n) is 2.59. The number of hydrogen-bond acceptors (Lipinski definition) is 6. The van der Waals surface area contributed by atoms with Crippen LogP contribution in [0.1, 0.15) is 11.1 Å². The van der Waals surface area contributed by atoms with Crippen LogP contribution in [0.25, 0.3) is 11.0 Å². The predicted octanol–water partition coefficient (Wildman–Crippen LogP) is 3.51. The molecule has 0 spiro atoms. The number of ether oxygens (including phenoxy) is 1. The van der Waals surface area contributed by atoms with Crippen LogP contribution in [0.5, 0.6) is 5.88 Å². The lowest BCUT2D eigenvalue weighted by atomic mass is 10.1. The number of H-pyrrole nitrogens is 1. The maximum atomic E-state index is 14.8. The van der Waals surface area contributed by atoms with Gasteiger partial charge in [0.05, 0.1) is 28.6 Å². The minimum Gasteiger partial charge on any atom is -0.479 e. The van der Waals surface area contributed by atoms with Crippen molar-refractivity contribution >= 4 is 38.1 Å². The average Bonchev–Trinajstić information content (AvgIpc) is 3.40. The number of methoxy groups -OCH3 is 1. The molecule has 0 amide bonds. The molecule has 0 aliphatic carbocycles. The highest BCUT2D eigenvalue weighted by molar-refractivity contribution is 7.92. The van der Waals surface area contributed by atoms with Gasteiger partial charge in [-0.3, -0.25) is 9.82 Å². The van der Waals surface area contributed by atoms with Gasteiger partial charge in [-0.15, -0.1) is 5.10 Å². The zero-order valence-electron chi connectivity index (χ0n) is 15.2. The Bertz CT molecular complexity index is 1410. The van der Waals surface area contributed by atoms with E-state index in [1.165, 1.54) is 36.1 Å². The summed E-state index contributed by atoms with van der Waals surface area (Å²) in [6.45, 7) is 0. The van der Waals surface area contributed by atoms with Crippen LogP contribution in [0, 0.1) is 23.5 Å². The van der Waals surface area contributed by atoms with E-state index >= 15 is 0 Å². The first-order valence-electron chi connectivity index (χ1n) is 8.32. The summed E-state index contributed by atoms with van der Waals surface area (Å²) >= 11 is 1.18. The topological polar surface area (TPSA) is 97.0 Å². The van der Waals surface area contributed by atoms with Crippen molar-refractivity contribution in [1.82, 2.24) is 15.2 Å². The molecule has 4 aromatic rings. The number of hydrogen-bond donors (Lipinski definition) is 2. The van der Waals surface area contributed by atoms with Crippen molar-refractivity contribution in [1.29, 1.82) is 0 Å². The van der Waals surface area contributed by atoms with E-state index in [9.17, 15) is 17.2 Å². The SMILES string of the molecule is COc1n[nH]c2ncc(C#Cc3c(F)ccc(NS(=O)(=O)c4ccsc4)c3F)cc12. The highest BCUT2D eigenvalue weighted by atomic mass is 32.2. The molecule has 30 heavy (non-hydrogen) atoms. The number of aromatic amines is 1. The molecule has 1 aromatic carbocycles. The number of halogens is 2. The standard InChI is InChI=1S/C19H12F2N4O3S2/c1-28-19-14-8-11(9-22-18(14)23-24-19)2-3-13-15(20)4-5-16(17(13)21)25-30(26,27)12-6-7-29-10-12/h4-10,25H,1H3,(H,22,23,24). The Morgan fingerprint density at radius 1 is 1.23 bits per heavy atom. The Hall–Kier alpha value is -3.49. The number of nitrogens with zero attached hydrogens (tertiary/aromatic N) is 2. The van der Waals surface area contributed by atoms with Gasteiger partial charge in [0.1, 0.15) is 5.82 Å². The van der Waals surface area contributed by atoms with Gasteiger partial charge in [-0.2, -0.15) is 11.3 Å². The fourth-order valence-corrected chi connectivity index (χ4v) is 4.68. The van der Waals surface area contributed by atoms with Gasteiger partial charge in [-0.1, -0.05) is 11.8 Å². The second kappa shape index (κ2) is 7.74. The second-order valence-electron chi connectivity index (χ2n) is 5.95. The molecule has 11 heteroatoms. The van der Waals surface area contributed by atoms with Gasteiger partial charge < -0.3 is 4.74 Å². The van der Waals surface area contributed by atoms with Crippen LogP contribution in [-0.2, 0) is 10.0 Å². The summed E-state index contributed by atoms with van der Waals surface area (Å²) < 4.78 is 60.9. The summed E-state index contributed by atoms with van der Waals surface area (Å²) in [5, 5.41) is 10.1. The smallest absolute Gasteiger partial charge is 0.262 e. The summed E-state index contributed by atoms with van der Waals surface area (Å²) in [6, 6.07) is 4.93. The molecular weight excluding hydrogens is 434 g/mol. The average molecular weight is 446 g/mol. The fraction of sp³-hybridized carbons (Fsp3) is 0.0526. The number of benzene rings is 1. The van der Waals surface area contributed by atoms with Gasteiger partial charge in [0.2, 0.25) is 5.88 Å². The van der Waals surface area contributed by atoms with Crippen LogP contribution >= 0.6 is 11.3 Å². The molecule has 3 heterocycles. The lowest BCUT2D eigenvalue weighted by molar-refractivity contribution is 0.401. The lowest BCUT2D eigenvalue weighted by Crippen LogP contribution is -2.14. The number of nitrogens with one attached hydrogen (secondary N) is 2. The molecule has 152 valence electrons.